The topological polar surface area (TPSA) is 126 Å². The Balaban J connectivity index is 1.68. The average molecular weight is 373 g/mol. The molecule has 7 nitrogen and oxygen atoms in total. The quantitative estimate of drug-likeness (QED) is 0.451. The molecule has 2 aromatic carbocycles. The van der Waals surface area contributed by atoms with Crippen LogP contribution in [0.25, 0.3) is 22.8 Å². The zero-order valence-corrected chi connectivity index (χ0v) is 15.0. The van der Waals surface area contributed by atoms with E-state index in [1.54, 1.807) is 24.3 Å². The number of hydrogen-bond acceptors (Lipinski definition) is 3. The largest absolute Gasteiger partial charge is 0.361 e. The molecule has 0 bridgehead atoms. The smallest absolute Gasteiger partial charge is 0.316 e. The van der Waals surface area contributed by atoms with Crippen LogP contribution in [-0.2, 0) is 11.3 Å². The Morgan fingerprint density at radius 1 is 1.11 bits per heavy atom. The van der Waals surface area contributed by atoms with Crippen LogP contribution in [0, 0.1) is 0 Å². The first-order valence-electron chi connectivity index (χ1n) is 8.75. The monoisotopic (exact) mass is 373 g/mol. The van der Waals surface area contributed by atoms with E-state index in [-0.39, 0.29) is 5.91 Å². The highest BCUT2D eigenvalue weighted by Gasteiger charge is 2.24. The predicted molar refractivity (Wildman–Crippen MR) is 110 cm³/mol. The maximum absolute atomic E-state index is 12.4. The van der Waals surface area contributed by atoms with E-state index in [0.717, 1.165) is 22.4 Å². The van der Waals surface area contributed by atoms with Crippen molar-refractivity contribution in [1.29, 1.82) is 0 Å². The van der Waals surface area contributed by atoms with E-state index in [4.69, 9.17) is 11.5 Å². The van der Waals surface area contributed by atoms with Crippen molar-refractivity contribution in [3.63, 3.8) is 0 Å². The molecule has 1 aromatic heterocycles. The van der Waals surface area contributed by atoms with Gasteiger partial charge in [0.05, 0.1) is 5.57 Å². The summed E-state index contributed by atoms with van der Waals surface area (Å²) in [6, 6.07) is 14.5. The average Bonchev–Trinajstić information content (AvgIpc) is 3.27. The number of amides is 3. The predicted octanol–water partition coefficient (Wildman–Crippen LogP) is 3.12. The summed E-state index contributed by atoms with van der Waals surface area (Å²) in [6.45, 7) is 0.480. The van der Waals surface area contributed by atoms with E-state index in [1.165, 1.54) is 0 Å². The lowest BCUT2D eigenvalue weighted by atomic mass is 10.0. The van der Waals surface area contributed by atoms with Gasteiger partial charge >= 0.3 is 6.03 Å². The highest BCUT2D eigenvalue weighted by atomic mass is 16.2. The minimum absolute atomic E-state index is 0.201. The van der Waals surface area contributed by atoms with Crippen LogP contribution in [-0.4, -0.2) is 16.9 Å². The van der Waals surface area contributed by atoms with Crippen molar-refractivity contribution in [1.82, 2.24) is 4.98 Å². The molecule has 0 aliphatic carbocycles. The number of hydrogen-bond donors (Lipinski definition) is 5. The molecule has 4 rings (SSSR count). The number of nitrogens with two attached hydrogens (primary N) is 2. The van der Waals surface area contributed by atoms with Gasteiger partial charge in [-0.3, -0.25) is 4.79 Å². The van der Waals surface area contributed by atoms with Crippen LogP contribution in [0.4, 0.5) is 16.2 Å². The van der Waals surface area contributed by atoms with Crippen LogP contribution in [0.1, 0.15) is 16.8 Å². The number of carbonyl (C=O) groups excluding carboxylic acids is 2. The number of primary amides is 1. The SMILES string of the molecule is NCc1cccc(-c2c[nH]c(/C=C3\C(=O)Nc4ccc(NC(N)=O)cc43)c2)c1. The second-order valence-electron chi connectivity index (χ2n) is 6.51. The number of nitrogens with one attached hydrogen (secondary N) is 3. The van der Waals surface area contributed by atoms with Crippen LogP contribution >= 0.6 is 0 Å². The maximum Gasteiger partial charge on any atom is 0.316 e. The molecule has 1 aliphatic heterocycles. The number of aromatic nitrogens is 1. The van der Waals surface area contributed by atoms with Gasteiger partial charge < -0.3 is 27.1 Å². The van der Waals surface area contributed by atoms with Gasteiger partial charge in [0, 0.05) is 35.4 Å². The third-order valence-corrected chi connectivity index (χ3v) is 4.57. The van der Waals surface area contributed by atoms with Crippen molar-refractivity contribution in [3.8, 4) is 11.1 Å². The molecule has 3 aromatic rings. The molecule has 0 unspecified atom stereocenters. The summed E-state index contributed by atoms with van der Waals surface area (Å²) < 4.78 is 0. The molecule has 0 saturated heterocycles. The lowest BCUT2D eigenvalue weighted by Crippen LogP contribution is -2.19. The lowest BCUT2D eigenvalue weighted by molar-refractivity contribution is -0.110. The fourth-order valence-corrected chi connectivity index (χ4v) is 3.25. The van der Waals surface area contributed by atoms with Gasteiger partial charge in [0.1, 0.15) is 0 Å². The van der Waals surface area contributed by atoms with Gasteiger partial charge in [0.2, 0.25) is 0 Å². The van der Waals surface area contributed by atoms with Gasteiger partial charge in [-0.25, -0.2) is 4.79 Å². The molecule has 3 amide bonds. The molecular weight excluding hydrogens is 354 g/mol. The summed E-state index contributed by atoms with van der Waals surface area (Å²) in [5.74, 6) is -0.201. The molecule has 0 radical (unpaired) electrons. The molecule has 0 spiro atoms. The molecule has 0 fully saturated rings. The summed E-state index contributed by atoms with van der Waals surface area (Å²) in [7, 11) is 0. The molecule has 0 atom stereocenters. The highest BCUT2D eigenvalue weighted by Crippen LogP contribution is 2.35. The minimum atomic E-state index is -0.656. The van der Waals surface area contributed by atoms with Gasteiger partial charge in [-0.05, 0) is 53.1 Å². The normalized spacial score (nSPS) is 14.0. The fourth-order valence-electron chi connectivity index (χ4n) is 3.25. The zero-order valence-electron chi connectivity index (χ0n) is 15.0. The standard InChI is InChI=1S/C21H19N5O2/c22-10-12-2-1-3-13(6-12)14-7-16(24-11-14)9-18-17-8-15(25-21(23)28)4-5-19(17)26-20(18)27/h1-9,11,24H,10,22H2,(H,26,27)(H3,23,25,28)/b18-9-. The fraction of sp³-hybridized carbons (Fsp3) is 0.0476. The van der Waals surface area contributed by atoms with E-state index in [0.29, 0.717) is 29.1 Å². The van der Waals surface area contributed by atoms with E-state index in [2.05, 4.69) is 15.6 Å². The second kappa shape index (κ2) is 7.05. The molecule has 2 heterocycles. The highest BCUT2D eigenvalue weighted by molar-refractivity contribution is 6.35. The summed E-state index contributed by atoms with van der Waals surface area (Å²) >= 11 is 0. The van der Waals surface area contributed by atoms with Crippen molar-refractivity contribution in [2.45, 2.75) is 6.54 Å². The van der Waals surface area contributed by atoms with E-state index >= 15 is 0 Å². The molecule has 7 heteroatoms. The summed E-state index contributed by atoms with van der Waals surface area (Å²) in [4.78, 5) is 26.7. The lowest BCUT2D eigenvalue weighted by Gasteiger charge is -2.04. The summed E-state index contributed by atoms with van der Waals surface area (Å²) in [6.07, 6.45) is 3.67. The minimum Gasteiger partial charge on any atom is -0.361 e. The van der Waals surface area contributed by atoms with Crippen molar-refractivity contribution in [2.24, 2.45) is 11.5 Å². The van der Waals surface area contributed by atoms with Crippen molar-refractivity contribution >= 4 is 35.0 Å². The van der Waals surface area contributed by atoms with E-state index in [9.17, 15) is 9.59 Å². The van der Waals surface area contributed by atoms with E-state index in [1.807, 2.05) is 36.5 Å². The van der Waals surface area contributed by atoms with Crippen LogP contribution in [0.5, 0.6) is 0 Å². The first kappa shape index (κ1) is 17.6. The van der Waals surface area contributed by atoms with Crippen LogP contribution in [0.2, 0.25) is 0 Å². The number of aromatic amines is 1. The number of fused-ring (bicyclic) bond motifs is 1. The van der Waals surface area contributed by atoms with E-state index < -0.39 is 6.03 Å². The number of benzene rings is 2. The van der Waals surface area contributed by atoms with Crippen molar-refractivity contribution in [2.75, 3.05) is 10.6 Å². The number of urea groups is 1. The molecule has 28 heavy (non-hydrogen) atoms. The zero-order chi connectivity index (χ0) is 19.7. The van der Waals surface area contributed by atoms with Gasteiger partial charge in [-0.2, -0.15) is 0 Å². The number of anilines is 2. The second-order valence-corrected chi connectivity index (χ2v) is 6.51. The molecular formula is C21H19N5O2. The molecule has 140 valence electrons. The Morgan fingerprint density at radius 2 is 1.96 bits per heavy atom. The third kappa shape index (κ3) is 3.38. The van der Waals surface area contributed by atoms with Gasteiger partial charge in [0.15, 0.2) is 0 Å². The molecule has 1 aliphatic rings. The first-order chi connectivity index (χ1) is 13.5. The van der Waals surface area contributed by atoms with Crippen LogP contribution < -0.4 is 22.1 Å². The maximum atomic E-state index is 12.4. The summed E-state index contributed by atoms with van der Waals surface area (Å²) in [5.41, 5.74) is 17.2. The van der Waals surface area contributed by atoms with Gasteiger partial charge in [-0.15, -0.1) is 0 Å². The van der Waals surface area contributed by atoms with Gasteiger partial charge in [-0.1, -0.05) is 18.2 Å². The van der Waals surface area contributed by atoms with Crippen molar-refractivity contribution < 1.29 is 9.59 Å². The number of carbonyl (C=O) groups is 2. The Morgan fingerprint density at radius 3 is 2.75 bits per heavy atom. The Bertz CT molecular complexity index is 1110. The number of rotatable bonds is 4. The van der Waals surface area contributed by atoms with Gasteiger partial charge in [0.25, 0.3) is 5.91 Å². The summed E-state index contributed by atoms with van der Waals surface area (Å²) in [5, 5.41) is 5.35. The Hall–Kier alpha value is -3.84. The Kier molecular flexibility index (Phi) is 4.42. The number of H-pyrrole nitrogens is 1. The third-order valence-electron chi connectivity index (χ3n) is 4.57. The first-order valence-corrected chi connectivity index (χ1v) is 8.75. The van der Waals surface area contributed by atoms with Crippen molar-refractivity contribution in [3.05, 3.63) is 71.5 Å². The molecule has 0 saturated carbocycles. The van der Waals surface area contributed by atoms with Crippen LogP contribution in [0.15, 0.2) is 54.7 Å². The Labute approximate surface area is 161 Å². The molecule has 7 N–H and O–H groups in total. The van der Waals surface area contributed by atoms with Crippen LogP contribution in [0.3, 0.4) is 0 Å².